The Kier molecular flexibility index (Phi) is 6.02. The second-order valence-electron chi connectivity index (χ2n) is 5.50. The summed E-state index contributed by atoms with van der Waals surface area (Å²) in [4.78, 5) is 13.7. The van der Waals surface area contributed by atoms with Crippen molar-refractivity contribution in [3.63, 3.8) is 0 Å². The molecule has 2 rings (SSSR count). The van der Waals surface area contributed by atoms with Gasteiger partial charge in [0.15, 0.2) is 17.5 Å². The molecule has 0 heterocycles. The molecule has 0 saturated heterocycles. The van der Waals surface area contributed by atoms with Crippen molar-refractivity contribution in [2.75, 3.05) is 12.4 Å². The molecule has 0 radical (unpaired) electrons. The lowest BCUT2D eigenvalue weighted by Gasteiger charge is -2.24. The quantitative estimate of drug-likeness (QED) is 0.623. The Balaban J connectivity index is 2.10. The summed E-state index contributed by atoms with van der Waals surface area (Å²) in [5, 5.41) is 2.40. The molecule has 0 aliphatic carbocycles. The molecular formula is C17H15ClF4N2O. The highest BCUT2D eigenvalue weighted by Gasteiger charge is 2.22. The fraction of sp³-hybridized carbons (Fsp3) is 0.235. The van der Waals surface area contributed by atoms with E-state index in [2.05, 4.69) is 5.32 Å². The first-order chi connectivity index (χ1) is 11.7. The van der Waals surface area contributed by atoms with Crippen molar-refractivity contribution < 1.29 is 22.4 Å². The predicted molar refractivity (Wildman–Crippen MR) is 87.3 cm³/mol. The van der Waals surface area contributed by atoms with E-state index in [-0.39, 0.29) is 17.1 Å². The summed E-state index contributed by atoms with van der Waals surface area (Å²) in [6.07, 6.45) is 0. The van der Waals surface area contributed by atoms with Gasteiger partial charge >= 0.3 is 0 Å². The fourth-order valence-corrected chi connectivity index (χ4v) is 2.35. The van der Waals surface area contributed by atoms with Gasteiger partial charge < -0.3 is 5.32 Å². The van der Waals surface area contributed by atoms with E-state index in [9.17, 15) is 22.4 Å². The molecule has 2 aromatic carbocycles. The van der Waals surface area contributed by atoms with E-state index in [1.807, 2.05) is 0 Å². The molecule has 2 aromatic rings. The molecule has 0 saturated carbocycles. The number of likely N-dealkylation sites (N-methyl/N-ethyl adjacent to an activating group) is 1. The topological polar surface area (TPSA) is 32.3 Å². The predicted octanol–water partition coefficient (Wildman–Crippen LogP) is 4.36. The van der Waals surface area contributed by atoms with E-state index in [4.69, 9.17) is 11.6 Å². The van der Waals surface area contributed by atoms with Gasteiger partial charge in [-0.2, -0.15) is 0 Å². The lowest BCUT2D eigenvalue weighted by Crippen LogP contribution is -2.39. The molecule has 1 atom stereocenters. The average Bonchev–Trinajstić information content (AvgIpc) is 2.57. The molecule has 0 aliphatic rings. The third-order valence-corrected chi connectivity index (χ3v) is 4.16. The van der Waals surface area contributed by atoms with Crippen molar-refractivity contribution in [3.05, 3.63) is 64.2 Å². The monoisotopic (exact) mass is 374 g/mol. The zero-order valence-corrected chi connectivity index (χ0v) is 14.2. The smallest absolute Gasteiger partial charge is 0.241 e. The van der Waals surface area contributed by atoms with E-state index < -0.39 is 40.9 Å². The van der Waals surface area contributed by atoms with Crippen LogP contribution < -0.4 is 5.32 Å². The summed E-state index contributed by atoms with van der Waals surface area (Å²) < 4.78 is 53.6. The summed E-state index contributed by atoms with van der Waals surface area (Å²) in [6.45, 7) is 1.53. The number of nitrogens with one attached hydrogen (secondary N) is 1. The Morgan fingerprint density at radius 2 is 1.80 bits per heavy atom. The highest BCUT2D eigenvalue weighted by atomic mass is 35.5. The molecule has 25 heavy (non-hydrogen) atoms. The minimum absolute atomic E-state index is 0.0281. The summed E-state index contributed by atoms with van der Waals surface area (Å²) in [7, 11) is 1.55. The van der Waals surface area contributed by atoms with Gasteiger partial charge in [0.2, 0.25) is 5.91 Å². The minimum Gasteiger partial charge on any atom is -0.322 e. The van der Waals surface area contributed by atoms with Crippen LogP contribution in [0.4, 0.5) is 23.2 Å². The molecule has 0 bridgehead atoms. The molecule has 8 heteroatoms. The van der Waals surface area contributed by atoms with Crippen LogP contribution in [-0.2, 0) is 11.3 Å². The first kappa shape index (κ1) is 19.2. The van der Waals surface area contributed by atoms with Crippen LogP contribution in [0.15, 0.2) is 30.3 Å². The number of benzene rings is 2. The number of nitrogens with zero attached hydrogens (tertiary/aromatic N) is 1. The second kappa shape index (κ2) is 7.84. The molecule has 0 fully saturated rings. The number of rotatable bonds is 5. The van der Waals surface area contributed by atoms with Gasteiger partial charge in [0.05, 0.1) is 11.7 Å². The zero-order chi connectivity index (χ0) is 18.7. The number of hydrogen-bond acceptors (Lipinski definition) is 2. The Morgan fingerprint density at radius 1 is 1.12 bits per heavy atom. The average molecular weight is 375 g/mol. The van der Waals surface area contributed by atoms with E-state index in [1.165, 1.54) is 30.0 Å². The lowest BCUT2D eigenvalue weighted by molar-refractivity contribution is -0.120. The van der Waals surface area contributed by atoms with Gasteiger partial charge in [0, 0.05) is 17.1 Å². The Hall–Kier alpha value is -2.12. The van der Waals surface area contributed by atoms with Crippen molar-refractivity contribution in [2.45, 2.75) is 19.5 Å². The molecule has 134 valence electrons. The van der Waals surface area contributed by atoms with Crippen LogP contribution in [0.2, 0.25) is 5.02 Å². The molecule has 1 amide bonds. The highest BCUT2D eigenvalue weighted by molar-refractivity contribution is 6.31. The largest absolute Gasteiger partial charge is 0.322 e. The first-order valence-electron chi connectivity index (χ1n) is 7.29. The third-order valence-electron chi connectivity index (χ3n) is 3.80. The number of carbonyl (C=O) groups is 1. The van der Waals surface area contributed by atoms with Crippen LogP contribution in [-0.4, -0.2) is 23.9 Å². The maximum Gasteiger partial charge on any atom is 0.241 e. The summed E-state index contributed by atoms with van der Waals surface area (Å²) >= 11 is 5.95. The normalized spacial score (nSPS) is 12.3. The summed E-state index contributed by atoms with van der Waals surface area (Å²) in [5.74, 6) is -5.69. The van der Waals surface area contributed by atoms with Gasteiger partial charge in [-0.25, -0.2) is 17.6 Å². The Bertz CT molecular complexity index is 780. The van der Waals surface area contributed by atoms with Gasteiger partial charge in [-0.3, -0.25) is 9.69 Å². The molecule has 0 aliphatic heterocycles. The molecule has 0 spiro atoms. The van der Waals surface area contributed by atoms with Gasteiger partial charge in [0.25, 0.3) is 0 Å². The van der Waals surface area contributed by atoms with E-state index in [1.54, 1.807) is 7.05 Å². The summed E-state index contributed by atoms with van der Waals surface area (Å²) in [5.41, 5.74) is -0.265. The van der Waals surface area contributed by atoms with Crippen molar-refractivity contribution >= 4 is 23.2 Å². The van der Waals surface area contributed by atoms with Crippen LogP contribution in [0.1, 0.15) is 12.5 Å². The molecule has 0 unspecified atom stereocenters. The van der Waals surface area contributed by atoms with Crippen LogP contribution in [0, 0.1) is 23.3 Å². The third kappa shape index (κ3) is 4.29. The number of halogens is 5. The maximum absolute atomic E-state index is 13.8. The maximum atomic E-state index is 13.8. The van der Waals surface area contributed by atoms with Gasteiger partial charge in [-0.15, -0.1) is 0 Å². The Labute approximate surface area is 147 Å². The first-order valence-corrected chi connectivity index (χ1v) is 7.67. The van der Waals surface area contributed by atoms with Crippen LogP contribution in [0.3, 0.4) is 0 Å². The van der Waals surface area contributed by atoms with Gasteiger partial charge in [0.1, 0.15) is 5.82 Å². The summed E-state index contributed by atoms with van der Waals surface area (Å²) in [6, 6.07) is 5.05. The number of hydrogen-bond donors (Lipinski definition) is 1. The second-order valence-corrected chi connectivity index (χ2v) is 5.91. The van der Waals surface area contributed by atoms with E-state index in [0.717, 1.165) is 6.07 Å². The molecular weight excluding hydrogens is 360 g/mol. The number of anilines is 1. The SMILES string of the molecule is C[C@@H](C(=O)Nc1ccc(F)c(F)c1F)N(C)Cc1c(F)cccc1Cl. The van der Waals surface area contributed by atoms with Gasteiger partial charge in [-0.1, -0.05) is 17.7 Å². The van der Waals surface area contributed by atoms with E-state index >= 15 is 0 Å². The van der Waals surface area contributed by atoms with E-state index in [0.29, 0.717) is 6.07 Å². The number of amides is 1. The van der Waals surface area contributed by atoms with Crippen molar-refractivity contribution in [2.24, 2.45) is 0 Å². The van der Waals surface area contributed by atoms with Crippen molar-refractivity contribution in [1.82, 2.24) is 4.90 Å². The van der Waals surface area contributed by atoms with Crippen LogP contribution >= 0.6 is 11.6 Å². The van der Waals surface area contributed by atoms with Gasteiger partial charge in [-0.05, 0) is 38.2 Å². The molecule has 1 N–H and O–H groups in total. The van der Waals surface area contributed by atoms with Crippen molar-refractivity contribution in [3.8, 4) is 0 Å². The molecule has 3 nitrogen and oxygen atoms in total. The standard InChI is InChI=1S/C17H15ClF4N2O/c1-9(24(2)8-10-11(18)4-3-5-12(10)19)17(25)23-14-7-6-13(20)15(21)16(14)22/h3-7,9H,8H2,1-2H3,(H,23,25)/t9-/m0/s1. The number of carbonyl (C=O) groups excluding carboxylic acids is 1. The van der Waals surface area contributed by atoms with Crippen LogP contribution in [0.25, 0.3) is 0 Å². The minimum atomic E-state index is -1.67. The lowest BCUT2D eigenvalue weighted by atomic mass is 10.1. The zero-order valence-electron chi connectivity index (χ0n) is 13.4. The highest BCUT2D eigenvalue weighted by Crippen LogP contribution is 2.22. The molecule has 0 aromatic heterocycles. The van der Waals surface area contributed by atoms with Crippen molar-refractivity contribution in [1.29, 1.82) is 0 Å². The van der Waals surface area contributed by atoms with Crippen LogP contribution in [0.5, 0.6) is 0 Å². The Morgan fingerprint density at radius 3 is 2.44 bits per heavy atom. The fourth-order valence-electron chi connectivity index (χ4n) is 2.13.